The Kier molecular flexibility index (Phi) is 4.22. The van der Waals surface area contributed by atoms with E-state index in [2.05, 4.69) is 20.9 Å². The molecule has 0 atom stereocenters. The van der Waals surface area contributed by atoms with Crippen molar-refractivity contribution in [2.45, 2.75) is 6.54 Å². The predicted octanol–water partition coefficient (Wildman–Crippen LogP) is 3.43. The van der Waals surface area contributed by atoms with Gasteiger partial charge in [0.15, 0.2) is 6.61 Å². The number of methoxy groups -OCH3 is 1. The predicted molar refractivity (Wildman–Crippen MR) is 86.6 cm³/mol. The molecule has 0 saturated carbocycles. The van der Waals surface area contributed by atoms with Crippen molar-refractivity contribution in [3.63, 3.8) is 0 Å². The zero-order chi connectivity index (χ0) is 15.7. The van der Waals surface area contributed by atoms with E-state index in [0.717, 1.165) is 10.2 Å². The molecule has 0 fully saturated rings. The average Bonchev–Trinajstić information content (AvgIpc) is 2.52. The van der Waals surface area contributed by atoms with Gasteiger partial charge in [0.1, 0.15) is 11.5 Å². The molecule has 22 heavy (non-hydrogen) atoms. The van der Waals surface area contributed by atoms with Gasteiger partial charge in [0.25, 0.3) is 5.91 Å². The minimum absolute atomic E-state index is 0.000636. The molecular weight excluding hydrogens is 372 g/mol. The van der Waals surface area contributed by atoms with Crippen molar-refractivity contribution < 1.29 is 14.3 Å². The molecule has 1 aliphatic heterocycles. The third kappa shape index (κ3) is 2.89. The van der Waals surface area contributed by atoms with Crippen LogP contribution in [0.25, 0.3) is 0 Å². The lowest BCUT2D eigenvalue weighted by atomic mass is 10.2. The van der Waals surface area contributed by atoms with Gasteiger partial charge in [-0.1, -0.05) is 11.6 Å². The number of anilines is 1. The Bertz CT molecular complexity index is 721. The van der Waals surface area contributed by atoms with Crippen LogP contribution in [-0.4, -0.2) is 24.6 Å². The first-order chi connectivity index (χ1) is 10.6. The van der Waals surface area contributed by atoms with E-state index in [9.17, 15) is 4.79 Å². The van der Waals surface area contributed by atoms with Crippen LogP contribution in [0.4, 0.5) is 5.69 Å². The molecule has 0 N–H and O–H groups in total. The van der Waals surface area contributed by atoms with Gasteiger partial charge in [-0.05, 0) is 28.1 Å². The number of hydrogen-bond acceptors (Lipinski definition) is 4. The van der Waals surface area contributed by atoms with Gasteiger partial charge >= 0.3 is 0 Å². The first kappa shape index (κ1) is 15.1. The fourth-order valence-electron chi connectivity index (χ4n) is 2.19. The lowest BCUT2D eigenvalue weighted by Gasteiger charge is -2.29. The van der Waals surface area contributed by atoms with Crippen LogP contribution in [0.3, 0.4) is 0 Å². The molecule has 0 unspecified atom stereocenters. The Labute approximate surface area is 140 Å². The van der Waals surface area contributed by atoms with Crippen LogP contribution in [0.15, 0.2) is 34.9 Å². The van der Waals surface area contributed by atoms with Crippen molar-refractivity contribution in [1.82, 2.24) is 4.98 Å². The lowest BCUT2D eigenvalue weighted by Crippen LogP contribution is -2.38. The van der Waals surface area contributed by atoms with Crippen LogP contribution >= 0.6 is 27.5 Å². The summed E-state index contributed by atoms with van der Waals surface area (Å²) in [6.07, 6.45) is 1.56. The van der Waals surface area contributed by atoms with Crippen LogP contribution in [0, 0.1) is 0 Å². The second kappa shape index (κ2) is 6.14. The van der Waals surface area contributed by atoms with Crippen LogP contribution < -0.4 is 14.4 Å². The van der Waals surface area contributed by atoms with Crippen molar-refractivity contribution >= 4 is 39.1 Å². The highest BCUT2D eigenvalue weighted by Gasteiger charge is 2.27. The third-order valence-corrected chi connectivity index (χ3v) is 4.13. The van der Waals surface area contributed by atoms with Crippen molar-refractivity contribution in [3.8, 4) is 11.5 Å². The maximum Gasteiger partial charge on any atom is 0.265 e. The van der Waals surface area contributed by atoms with Crippen molar-refractivity contribution in [2.75, 3.05) is 18.6 Å². The number of carbonyl (C=O) groups is 1. The highest BCUT2D eigenvalue weighted by Crippen LogP contribution is 2.40. The summed E-state index contributed by atoms with van der Waals surface area (Å²) in [6.45, 7) is 0.344. The standard InChI is InChI=1S/C15H12BrClN2O3/c1-21-13-5-12-14(4-11(13)16)22-8-15(20)19(12)7-10-3-2-9(17)6-18-10/h2-6H,7-8H2,1H3. The highest BCUT2D eigenvalue weighted by atomic mass is 79.9. The van der Waals surface area contributed by atoms with E-state index >= 15 is 0 Å². The van der Waals surface area contributed by atoms with E-state index in [1.807, 2.05) is 0 Å². The fraction of sp³-hybridized carbons (Fsp3) is 0.200. The Balaban J connectivity index is 1.98. The molecule has 0 spiro atoms. The van der Waals surface area contributed by atoms with Crippen LogP contribution in [0.1, 0.15) is 5.69 Å². The number of carbonyl (C=O) groups excluding carboxylic acids is 1. The molecule has 0 aliphatic carbocycles. The Hall–Kier alpha value is -1.79. The molecule has 1 aliphatic rings. The molecule has 0 bridgehead atoms. The number of aromatic nitrogens is 1. The van der Waals surface area contributed by atoms with E-state index in [0.29, 0.717) is 28.8 Å². The summed E-state index contributed by atoms with van der Waals surface area (Å²) in [5, 5.41) is 0.558. The molecule has 1 aromatic heterocycles. The van der Waals surface area contributed by atoms with Crippen molar-refractivity contribution in [2.24, 2.45) is 0 Å². The Morgan fingerprint density at radius 1 is 1.45 bits per heavy atom. The van der Waals surface area contributed by atoms with Gasteiger partial charge in [0.2, 0.25) is 0 Å². The summed E-state index contributed by atoms with van der Waals surface area (Å²) in [7, 11) is 1.57. The van der Waals surface area contributed by atoms with Crippen LogP contribution in [0.5, 0.6) is 11.5 Å². The van der Waals surface area contributed by atoms with Crippen LogP contribution in [-0.2, 0) is 11.3 Å². The number of ether oxygens (including phenoxy) is 2. The van der Waals surface area contributed by atoms with Crippen molar-refractivity contribution in [3.05, 3.63) is 45.7 Å². The van der Waals surface area contributed by atoms with Crippen LogP contribution in [0.2, 0.25) is 5.02 Å². The summed E-state index contributed by atoms with van der Waals surface area (Å²) < 4.78 is 11.5. The van der Waals surface area contributed by atoms with E-state index in [1.165, 1.54) is 0 Å². The molecule has 1 amide bonds. The molecule has 2 heterocycles. The number of pyridine rings is 1. The van der Waals surface area contributed by atoms with Gasteiger partial charge in [-0.2, -0.15) is 0 Å². The Morgan fingerprint density at radius 3 is 2.95 bits per heavy atom. The van der Waals surface area contributed by atoms with Gasteiger partial charge in [0, 0.05) is 18.3 Å². The second-order valence-corrected chi connectivity index (χ2v) is 5.98. The molecule has 0 radical (unpaired) electrons. The topological polar surface area (TPSA) is 51.7 Å². The summed E-state index contributed by atoms with van der Waals surface area (Å²) in [5.74, 6) is 1.13. The summed E-state index contributed by atoms with van der Waals surface area (Å²) in [4.78, 5) is 18.1. The van der Waals surface area contributed by atoms with E-state index in [-0.39, 0.29) is 12.5 Å². The SMILES string of the molecule is COc1cc2c(cc1Br)OCC(=O)N2Cc1ccc(Cl)cn1. The number of halogens is 2. The number of benzene rings is 1. The zero-order valence-corrected chi connectivity index (χ0v) is 14.0. The number of nitrogens with zero attached hydrogens (tertiary/aromatic N) is 2. The molecule has 2 aromatic rings. The normalized spacial score (nSPS) is 13.6. The van der Waals surface area contributed by atoms with Crippen molar-refractivity contribution in [1.29, 1.82) is 0 Å². The van der Waals surface area contributed by atoms with Gasteiger partial charge in [-0.25, -0.2) is 0 Å². The van der Waals surface area contributed by atoms with Gasteiger partial charge < -0.3 is 9.47 Å². The molecular formula is C15H12BrClN2O3. The maximum absolute atomic E-state index is 12.2. The Morgan fingerprint density at radius 2 is 2.27 bits per heavy atom. The minimum atomic E-state index is -0.131. The second-order valence-electron chi connectivity index (χ2n) is 4.69. The maximum atomic E-state index is 12.2. The number of rotatable bonds is 3. The summed E-state index contributed by atoms with van der Waals surface area (Å²) in [5.41, 5.74) is 1.40. The largest absolute Gasteiger partial charge is 0.495 e. The monoisotopic (exact) mass is 382 g/mol. The molecule has 3 rings (SSSR count). The minimum Gasteiger partial charge on any atom is -0.495 e. The first-order valence-corrected chi connectivity index (χ1v) is 7.66. The zero-order valence-electron chi connectivity index (χ0n) is 11.7. The average molecular weight is 384 g/mol. The molecule has 114 valence electrons. The number of hydrogen-bond donors (Lipinski definition) is 0. The third-order valence-electron chi connectivity index (χ3n) is 3.29. The van der Waals surface area contributed by atoms with Gasteiger partial charge in [0.05, 0.1) is 34.5 Å². The number of amides is 1. The van der Waals surface area contributed by atoms with Gasteiger partial charge in [-0.15, -0.1) is 0 Å². The fourth-order valence-corrected chi connectivity index (χ4v) is 2.79. The smallest absolute Gasteiger partial charge is 0.265 e. The quantitative estimate of drug-likeness (QED) is 0.815. The highest BCUT2D eigenvalue weighted by molar-refractivity contribution is 9.10. The molecule has 0 saturated heterocycles. The van der Waals surface area contributed by atoms with E-state index in [4.69, 9.17) is 21.1 Å². The first-order valence-electron chi connectivity index (χ1n) is 6.49. The molecule has 5 nitrogen and oxygen atoms in total. The lowest BCUT2D eigenvalue weighted by molar-refractivity contribution is -0.121. The van der Waals surface area contributed by atoms with E-state index in [1.54, 1.807) is 42.5 Å². The van der Waals surface area contributed by atoms with Gasteiger partial charge in [-0.3, -0.25) is 14.7 Å². The number of fused-ring (bicyclic) bond motifs is 1. The summed E-state index contributed by atoms with van der Waals surface area (Å²) in [6, 6.07) is 7.11. The molecule has 1 aromatic carbocycles. The molecule has 7 heteroatoms. The summed E-state index contributed by atoms with van der Waals surface area (Å²) >= 11 is 9.25. The van der Waals surface area contributed by atoms with E-state index < -0.39 is 0 Å².